The number of likely N-dealkylation sites (tertiary alicyclic amines) is 1. The Hall–Kier alpha value is -2.90. The summed E-state index contributed by atoms with van der Waals surface area (Å²) < 4.78 is 16.3. The highest BCUT2D eigenvalue weighted by atomic mass is 19.1. The molecule has 0 aliphatic carbocycles. The Balaban J connectivity index is 1.56. The van der Waals surface area contributed by atoms with Crippen LogP contribution in [0.3, 0.4) is 0 Å². The van der Waals surface area contributed by atoms with Gasteiger partial charge in [0.2, 0.25) is 5.91 Å². The number of piperidine rings is 1. The molecule has 8 heteroatoms. The fourth-order valence-corrected chi connectivity index (χ4v) is 3.71. The minimum Gasteiger partial charge on any atom is -0.359 e. The number of guanidine groups is 1. The summed E-state index contributed by atoms with van der Waals surface area (Å²) in [6, 6.07) is 5.23. The zero-order chi connectivity index (χ0) is 20.8. The number of carbonyl (C=O) groups is 1. The first kappa shape index (κ1) is 20.8. The molecular weight excluding hydrogens is 371 g/mol. The van der Waals surface area contributed by atoms with Crippen LogP contribution in [0.2, 0.25) is 0 Å². The molecule has 0 radical (unpaired) electrons. The van der Waals surface area contributed by atoms with Gasteiger partial charge in [0.25, 0.3) is 0 Å². The van der Waals surface area contributed by atoms with Gasteiger partial charge in [-0.25, -0.2) is 9.37 Å². The average molecular weight is 401 g/mol. The molecule has 7 nitrogen and oxygen atoms in total. The highest BCUT2D eigenvalue weighted by Crippen LogP contribution is 2.21. The quantitative estimate of drug-likeness (QED) is 0.596. The second-order valence-corrected chi connectivity index (χ2v) is 7.34. The van der Waals surface area contributed by atoms with Crippen molar-refractivity contribution in [3.8, 4) is 5.69 Å². The molecule has 29 heavy (non-hydrogen) atoms. The highest BCUT2D eigenvalue weighted by Gasteiger charge is 2.23. The van der Waals surface area contributed by atoms with Gasteiger partial charge >= 0.3 is 0 Å². The Labute approximate surface area is 171 Å². The van der Waals surface area contributed by atoms with Gasteiger partial charge in [0, 0.05) is 52.5 Å². The molecule has 0 atom stereocenters. The van der Waals surface area contributed by atoms with Crippen molar-refractivity contribution in [2.75, 3.05) is 27.2 Å². The fraction of sp³-hybridized carbons (Fsp3) is 0.476. The number of aliphatic imine (C=N–C) groups is 1. The Bertz CT molecular complexity index is 870. The van der Waals surface area contributed by atoms with Gasteiger partial charge in [-0.2, -0.15) is 0 Å². The van der Waals surface area contributed by atoms with E-state index in [-0.39, 0.29) is 11.7 Å². The van der Waals surface area contributed by atoms with Crippen molar-refractivity contribution in [2.45, 2.75) is 32.7 Å². The summed E-state index contributed by atoms with van der Waals surface area (Å²) in [7, 11) is 3.43. The van der Waals surface area contributed by atoms with E-state index in [0.29, 0.717) is 24.6 Å². The smallest absolute Gasteiger partial charge is 0.220 e. The lowest BCUT2D eigenvalue weighted by Gasteiger charge is -2.34. The first-order valence-corrected chi connectivity index (χ1v) is 9.96. The number of halogens is 1. The van der Waals surface area contributed by atoms with Crippen LogP contribution >= 0.6 is 0 Å². The van der Waals surface area contributed by atoms with E-state index in [9.17, 15) is 9.18 Å². The molecule has 0 spiro atoms. The molecule has 0 bridgehead atoms. The Kier molecular flexibility index (Phi) is 6.85. The van der Waals surface area contributed by atoms with E-state index >= 15 is 0 Å². The lowest BCUT2D eigenvalue weighted by Crippen LogP contribution is -2.45. The molecule has 1 aromatic carbocycles. The first-order chi connectivity index (χ1) is 14.0. The molecule has 2 N–H and O–H groups in total. The normalized spacial score (nSPS) is 15.4. The van der Waals surface area contributed by atoms with Crippen LogP contribution in [0.4, 0.5) is 4.39 Å². The molecule has 1 aliphatic heterocycles. The van der Waals surface area contributed by atoms with Crippen LogP contribution in [0.5, 0.6) is 0 Å². The van der Waals surface area contributed by atoms with Crippen LogP contribution in [0, 0.1) is 18.7 Å². The van der Waals surface area contributed by atoms with Gasteiger partial charge in [-0.3, -0.25) is 9.79 Å². The summed E-state index contributed by atoms with van der Waals surface area (Å²) in [5.74, 6) is 1.78. The van der Waals surface area contributed by atoms with Crippen molar-refractivity contribution in [1.29, 1.82) is 0 Å². The minimum atomic E-state index is -0.282. The molecule has 1 amide bonds. The molecule has 1 aromatic heterocycles. The van der Waals surface area contributed by atoms with Gasteiger partial charge in [-0.15, -0.1) is 0 Å². The number of rotatable bonds is 5. The van der Waals surface area contributed by atoms with Crippen LogP contribution in [0.15, 0.2) is 35.6 Å². The highest BCUT2D eigenvalue weighted by molar-refractivity contribution is 5.80. The second kappa shape index (κ2) is 9.54. The number of nitrogens with zero attached hydrogens (tertiary/aromatic N) is 4. The largest absolute Gasteiger partial charge is 0.359 e. The fourth-order valence-electron chi connectivity index (χ4n) is 3.71. The van der Waals surface area contributed by atoms with Crippen LogP contribution in [0.25, 0.3) is 5.69 Å². The zero-order valence-corrected chi connectivity index (χ0v) is 17.3. The van der Waals surface area contributed by atoms with Gasteiger partial charge < -0.3 is 20.1 Å². The van der Waals surface area contributed by atoms with Gasteiger partial charge in [0.15, 0.2) is 5.96 Å². The molecular formula is C21H29FN6O. The van der Waals surface area contributed by atoms with Crippen molar-refractivity contribution in [2.24, 2.45) is 10.9 Å². The van der Waals surface area contributed by atoms with Gasteiger partial charge in [0.1, 0.15) is 11.6 Å². The van der Waals surface area contributed by atoms with Gasteiger partial charge in [-0.05, 0) is 43.4 Å². The summed E-state index contributed by atoms with van der Waals surface area (Å²) >= 11 is 0. The molecule has 156 valence electrons. The second-order valence-electron chi connectivity index (χ2n) is 7.34. The Morgan fingerprint density at radius 3 is 2.69 bits per heavy atom. The van der Waals surface area contributed by atoms with Crippen molar-refractivity contribution in [3.05, 3.63) is 47.8 Å². The first-order valence-electron chi connectivity index (χ1n) is 9.96. The van der Waals surface area contributed by atoms with Crippen molar-refractivity contribution < 1.29 is 9.18 Å². The number of aryl methyl sites for hydroxylation is 1. The number of amides is 1. The van der Waals surface area contributed by atoms with Crippen LogP contribution in [-0.4, -0.2) is 53.5 Å². The molecule has 2 heterocycles. The van der Waals surface area contributed by atoms with E-state index in [4.69, 9.17) is 0 Å². The van der Waals surface area contributed by atoms with Crippen LogP contribution in [-0.2, 0) is 11.3 Å². The zero-order valence-electron chi connectivity index (χ0n) is 17.3. The van der Waals surface area contributed by atoms with E-state index in [1.807, 2.05) is 13.0 Å². The number of nitrogens with one attached hydrogen (secondary N) is 2. The Morgan fingerprint density at radius 1 is 1.34 bits per heavy atom. The maximum Gasteiger partial charge on any atom is 0.220 e. The Morgan fingerprint density at radius 2 is 2.10 bits per heavy atom. The number of aromatic nitrogens is 2. The maximum atomic E-state index is 14.6. The third kappa shape index (κ3) is 5.13. The van der Waals surface area contributed by atoms with Crippen molar-refractivity contribution in [3.63, 3.8) is 0 Å². The van der Waals surface area contributed by atoms with Gasteiger partial charge in [-0.1, -0.05) is 6.07 Å². The number of hydrogen-bond donors (Lipinski definition) is 2. The molecule has 1 saturated heterocycles. The summed E-state index contributed by atoms with van der Waals surface area (Å²) in [5.41, 5.74) is 1.34. The summed E-state index contributed by atoms with van der Waals surface area (Å²) in [4.78, 5) is 22.3. The standard InChI is InChI=1S/C21H29FN6O/c1-15-25-8-11-28(15)19-5-4-17(12-18(19)22)14-26-21(24-3)27-9-6-16(7-10-27)13-20(29)23-2/h4-5,8,11-12,16H,6-7,9-10,13-14H2,1-3H3,(H,23,29)(H,24,26). The maximum absolute atomic E-state index is 14.6. The van der Waals surface area contributed by atoms with E-state index in [0.717, 1.165) is 43.3 Å². The summed E-state index contributed by atoms with van der Waals surface area (Å²) in [6.07, 6.45) is 5.91. The van der Waals surface area contributed by atoms with E-state index in [1.165, 1.54) is 0 Å². The SMILES string of the molecule is CN=C(NCc1ccc(-n2ccnc2C)c(F)c1)N1CCC(CC(=O)NC)CC1. The molecule has 2 aromatic rings. The van der Waals surface area contributed by atoms with Crippen LogP contribution < -0.4 is 10.6 Å². The molecule has 0 saturated carbocycles. The third-order valence-corrected chi connectivity index (χ3v) is 5.43. The summed E-state index contributed by atoms with van der Waals surface area (Å²) in [6.45, 7) is 4.05. The molecule has 3 rings (SSSR count). The van der Waals surface area contributed by atoms with Gasteiger partial charge in [0.05, 0.1) is 5.69 Å². The number of hydrogen-bond acceptors (Lipinski definition) is 3. The topological polar surface area (TPSA) is 74.5 Å². The van der Waals surface area contributed by atoms with Crippen molar-refractivity contribution >= 4 is 11.9 Å². The number of carbonyl (C=O) groups excluding carboxylic acids is 1. The number of benzene rings is 1. The predicted molar refractivity (Wildman–Crippen MR) is 111 cm³/mol. The van der Waals surface area contributed by atoms with Crippen molar-refractivity contribution in [1.82, 2.24) is 25.1 Å². The van der Waals surface area contributed by atoms with E-state index < -0.39 is 0 Å². The third-order valence-electron chi connectivity index (χ3n) is 5.43. The van der Waals surface area contributed by atoms with E-state index in [1.54, 1.807) is 43.2 Å². The molecule has 0 unspecified atom stereocenters. The average Bonchev–Trinajstić information content (AvgIpc) is 3.15. The molecule has 1 fully saturated rings. The monoisotopic (exact) mass is 400 g/mol. The minimum absolute atomic E-state index is 0.0994. The molecule has 1 aliphatic rings. The lowest BCUT2D eigenvalue weighted by atomic mass is 9.93. The predicted octanol–water partition coefficient (Wildman–Crippen LogP) is 2.24. The van der Waals surface area contributed by atoms with E-state index in [2.05, 4.69) is 25.5 Å². The van der Waals surface area contributed by atoms with Crippen LogP contribution in [0.1, 0.15) is 30.7 Å². The summed E-state index contributed by atoms with van der Waals surface area (Å²) in [5, 5.41) is 6.02. The lowest BCUT2D eigenvalue weighted by molar-refractivity contribution is -0.121. The number of imidazole rings is 1.